The molecule has 0 aliphatic carbocycles. The van der Waals surface area contributed by atoms with Gasteiger partial charge in [-0.15, -0.1) is 0 Å². The number of rotatable bonds is 5. The first-order valence-corrected chi connectivity index (χ1v) is 11.0. The van der Waals surface area contributed by atoms with Gasteiger partial charge in [-0.25, -0.2) is 4.39 Å². The molecule has 0 atom stereocenters. The quantitative estimate of drug-likeness (QED) is 0.386. The van der Waals surface area contributed by atoms with E-state index in [-0.39, 0.29) is 17.5 Å². The molecule has 2 amide bonds. The number of nitrogens with two attached hydrogens (primary N) is 1. The predicted octanol–water partition coefficient (Wildman–Crippen LogP) is 5.52. The number of hydrogen-bond donors (Lipinski definition) is 2. The van der Waals surface area contributed by atoms with E-state index in [4.69, 9.17) is 17.3 Å². The van der Waals surface area contributed by atoms with Gasteiger partial charge in [-0.2, -0.15) is 0 Å². The Balaban J connectivity index is 1.42. The molecule has 7 heteroatoms. The fourth-order valence-electron chi connectivity index (χ4n) is 3.78. The van der Waals surface area contributed by atoms with E-state index in [2.05, 4.69) is 5.32 Å². The second-order valence-corrected chi connectivity index (χ2v) is 8.37. The Bertz CT molecular complexity index is 1220. The Kier molecular flexibility index (Phi) is 6.75. The molecule has 3 aromatic carbocycles. The lowest BCUT2D eigenvalue weighted by atomic mass is 10.00. The topological polar surface area (TPSA) is 75.4 Å². The second-order valence-electron chi connectivity index (χ2n) is 7.94. The number of halogens is 2. The minimum Gasteiger partial charge on any atom is -0.397 e. The fourth-order valence-corrected chi connectivity index (χ4v) is 3.98. The van der Waals surface area contributed by atoms with Gasteiger partial charge in [-0.3, -0.25) is 9.59 Å². The van der Waals surface area contributed by atoms with Crippen molar-refractivity contribution in [3.05, 3.63) is 99.8 Å². The maximum absolute atomic E-state index is 13.2. The number of nitrogens with one attached hydrogen (secondary N) is 1. The number of hydrogen-bond acceptors (Lipinski definition) is 3. The van der Waals surface area contributed by atoms with Gasteiger partial charge in [-0.05, 0) is 72.5 Å². The van der Waals surface area contributed by atoms with Crippen molar-refractivity contribution in [1.29, 1.82) is 0 Å². The van der Waals surface area contributed by atoms with Crippen LogP contribution in [0.3, 0.4) is 0 Å². The van der Waals surface area contributed by atoms with Crippen LogP contribution in [0.5, 0.6) is 0 Å². The first-order chi connectivity index (χ1) is 15.9. The molecule has 33 heavy (non-hydrogen) atoms. The van der Waals surface area contributed by atoms with Crippen molar-refractivity contribution in [2.24, 2.45) is 0 Å². The highest BCUT2D eigenvalue weighted by molar-refractivity contribution is 6.30. The maximum Gasteiger partial charge on any atom is 0.255 e. The highest BCUT2D eigenvalue weighted by atomic mass is 35.5. The zero-order chi connectivity index (χ0) is 23.4. The third kappa shape index (κ3) is 5.59. The number of likely N-dealkylation sites (tertiary alicyclic amines) is 1. The average Bonchev–Trinajstić information content (AvgIpc) is 2.79. The van der Waals surface area contributed by atoms with Crippen LogP contribution in [0.25, 0.3) is 6.08 Å². The SMILES string of the molecule is Nc1cc(F)ccc1NC(=O)c1ccc(CN2CCC/C(=C\c3cccc(Cl)c3)C2=O)cc1. The summed E-state index contributed by atoms with van der Waals surface area (Å²) in [6, 6.07) is 18.3. The Morgan fingerprint density at radius 1 is 1.12 bits per heavy atom. The Hall–Kier alpha value is -3.64. The number of nitrogens with zero attached hydrogens (tertiary/aromatic N) is 1. The van der Waals surface area contributed by atoms with Crippen LogP contribution in [0.15, 0.2) is 72.3 Å². The number of carbonyl (C=O) groups excluding carboxylic acids is 2. The summed E-state index contributed by atoms with van der Waals surface area (Å²) in [6.07, 6.45) is 3.51. The maximum atomic E-state index is 13.2. The van der Waals surface area contributed by atoms with Crippen molar-refractivity contribution in [3.8, 4) is 0 Å². The number of nitrogen functional groups attached to an aromatic ring is 1. The Morgan fingerprint density at radius 3 is 2.64 bits per heavy atom. The molecule has 3 N–H and O–H groups in total. The van der Waals surface area contributed by atoms with Gasteiger partial charge in [-0.1, -0.05) is 35.9 Å². The van der Waals surface area contributed by atoms with Gasteiger partial charge in [0.05, 0.1) is 11.4 Å². The van der Waals surface area contributed by atoms with Crippen LogP contribution in [0, 0.1) is 5.82 Å². The van der Waals surface area contributed by atoms with E-state index in [1.165, 1.54) is 12.1 Å². The van der Waals surface area contributed by atoms with E-state index >= 15 is 0 Å². The molecule has 1 fully saturated rings. The van der Waals surface area contributed by atoms with Gasteiger partial charge in [0.1, 0.15) is 5.82 Å². The highest BCUT2D eigenvalue weighted by Gasteiger charge is 2.23. The van der Waals surface area contributed by atoms with Crippen molar-refractivity contribution in [2.45, 2.75) is 19.4 Å². The van der Waals surface area contributed by atoms with Gasteiger partial charge in [0, 0.05) is 29.2 Å². The van der Waals surface area contributed by atoms with Crippen molar-refractivity contribution in [2.75, 3.05) is 17.6 Å². The molecule has 4 rings (SSSR count). The van der Waals surface area contributed by atoms with Gasteiger partial charge in [0.15, 0.2) is 0 Å². The molecule has 168 valence electrons. The minimum absolute atomic E-state index is 0.00910. The normalized spacial score (nSPS) is 15.0. The number of amides is 2. The van der Waals surface area contributed by atoms with Crippen LogP contribution in [-0.4, -0.2) is 23.3 Å². The molecule has 0 radical (unpaired) electrons. The summed E-state index contributed by atoms with van der Waals surface area (Å²) in [7, 11) is 0. The van der Waals surface area contributed by atoms with Crippen molar-refractivity contribution < 1.29 is 14.0 Å². The lowest BCUT2D eigenvalue weighted by molar-refractivity contribution is -0.129. The first-order valence-electron chi connectivity index (χ1n) is 10.6. The van der Waals surface area contributed by atoms with Crippen molar-refractivity contribution in [1.82, 2.24) is 4.90 Å². The van der Waals surface area contributed by atoms with E-state index in [1.54, 1.807) is 18.2 Å². The number of carbonyl (C=O) groups is 2. The zero-order valence-corrected chi connectivity index (χ0v) is 18.6. The molecule has 1 aliphatic heterocycles. The van der Waals surface area contributed by atoms with E-state index in [1.807, 2.05) is 41.3 Å². The van der Waals surface area contributed by atoms with E-state index in [0.717, 1.165) is 35.6 Å². The molecule has 3 aromatic rings. The molecule has 1 heterocycles. The van der Waals surface area contributed by atoms with Crippen molar-refractivity contribution >= 4 is 40.9 Å². The van der Waals surface area contributed by atoms with E-state index in [9.17, 15) is 14.0 Å². The largest absolute Gasteiger partial charge is 0.397 e. The average molecular weight is 464 g/mol. The van der Waals surface area contributed by atoms with Gasteiger partial charge in [0.2, 0.25) is 5.91 Å². The highest BCUT2D eigenvalue weighted by Crippen LogP contribution is 2.24. The standard InChI is InChI=1S/C26H23ClFN3O2/c27-21-5-1-3-18(14-21)13-20-4-2-12-31(26(20)33)16-17-6-8-19(9-7-17)25(32)30-24-11-10-22(28)15-23(24)29/h1,3,5-11,13-15H,2,4,12,16,29H2,(H,30,32)/b20-13+. The summed E-state index contributed by atoms with van der Waals surface area (Å²) in [5, 5.41) is 3.32. The molecule has 0 saturated carbocycles. The fraction of sp³-hybridized carbons (Fsp3) is 0.154. The Labute approximate surface area is 196 Å². The predicted molar refractivity (Wildman–Crippen MR) is 129 cm³/mol. The molecule has 1 saturated heterocycles. The minimum atomic E-state index is -0.465. The van der Waals surface area contributed by atoms with Gasteiger partial charge in [0.25, 0.3) is 5.91 Å². The first kappa shape index (κ1) is 22.6. The monoisotopic (exact) mass is 463 g/mol. The summed E-state index contributed by atoms with van der Waals surface area (Å²) in [5.74, 6) is -0.803. The smallest absolute Gasteiger partial charge is 0.255 e. The van der Waals surface area contributed by atoms with E-state index in [0.29, 0.717) is 29.4 Å². The summed E-state index contributed by atoms with van der Waals surface area (Å²) in [5.41, 5.74) is 9.29. The summed E-state index contributed by atoms with van der Waals surface area (Å²) < 4.78 is 13.2. The lowest BCUT2D eigenvalue weighted by Crippen LogP contribution is -2.36. The molecular formula is C26H23ClFN3O2. The summed E-state index contributed by atoms with van der Waals surface area (Å²) in [6.45, 7) is 1.14. The molecule has 0 bridgehead atoms. The lowest BCUT2D eigenvalue weighted by Gasteiger charge is -2.28. The second kappa shape index (κ2) is 9.88. The summed E-state index contributed by atoms with van der Waals surface area (Å²) >= 11 is 6.05. The van der Waals surface area contributed by atoms with Crippen LogP contribution in [0.1, 0.15) is 34.3 Å². The number of benzene rings is 3. The van der Waals surface area contributed by atoms with Gasteiger partial charge < -0.3 is 16.0 Å². The molecular weight excluding hydrogens is 441 g/mol. The summed E-state index contributed by atoms with van der Waals surface area (Å²) in [4.78, 5) is 27.3. The molecule has 0 aromatic heterocycles. The van der Waals surface area contributed by atoms with Gasteiger partial charge >= 0.3 is 0 Å². The van der Waals surface area contributed by atoms with Crippen LogP contribution >= 0.6 is 11.6 Å². The third-order valence-electron chi connectivity index (χ3n) is 5.48. The number of piperidine rings is 1. The van der Waals surface area contributed by atoms with Crippen LogP contribution < -0.4 is 11.1 Å². The molecule has 0 spiro atoms. The van der Waals surface area contributed by atoms with Crippen LogP contribution in [0.2, 0.25) is 5.02 Å². The molecule has 1 aliphatic rings. The van der Waals surface area contributed by atoms with Crippen molar-refractivity contribution in [3.63, 3.8) is 0 Å². The molecule has 0 unspecified atom stereocenters. The third-order valence-corrected chi connectivity index (χ3v) is 5.71. The molecule has 5 nitrogen and oxygen atoms in total. The van der Waals surface area contributed by atoms with Crippen LogP contribution in [0.4, 0.5) is 15.8 Å². The van der Waals surface area contributed by atoms with Crippen LogP contribution in [-0.2, 0) is 11.3 Å². The zero-order valence-electron chi connectivity index (χ0n) is 17.9. The number of anilines is 2. The van der Waals surface area contributed by atoms with E-state index < -0.39 is 5.82 Å². The Morgan fingerprint density at radius 2 is 1.91 bits per heavy atom.